The standard InChI is InChI=1S/C19H16ClF4N5OS/c1-10(17(30)26-12-6-7-14(20)13(9-12)19(22,23)24)31-18-28-27-16(29(18)25)8-11-4-2-3-5-15(11)21/h2-7,9-10H,8,25H2,1H3,(H,26,30). The Morgan fingerprint density at radius 2 is 1.97 bits per heavy atom. The first-order valence-corrected chi connectivity index (χ1v) is 10.1. The summed E-state index contributed by atoms with van der Waals surface area (Å²) in [7, 11) is 0. The van der Waals surface area contributed by atoms with E-state index in [1.807, 2.05) is 0 Å². The van der Waals surface area contributed by atoms with Gasteiger partial charge in [-0.3, -0.25) is 4.79 Å². The van der Waals surface area contributed by atoms with Crippen LogP contribution in [0.4, 0.5) is 23.2 Å². The second-order valence-corrected chi connectivity index (χ2v) is 8.19. The summed E-state index contributed by atoms with van der Waals surface area (Å²) in [6.07, 6.45) is -4.55. The van der Waals surface area contributed by atoms with E-state index in [0.717, 1.165) is 28.6 Å². The Morgan fingerprint density at radius 1 is 1.26 bits per heavy atom. The van der Waals surface area contributed by atoms with Crippen LogP contribution in [0, 0.1) is 5.82 Å². The first-order valence-electron chi connectivity index (χ1n) is 8.83. The van der Waals surface area contributed by atoms with Gasteiger partial charge in [-0.15, -0.1) is 10.2 Å². The maximum Gasteiger partial charge on any atom is 0.417 e. The molecule has 0 fully saturated rings. The molecule has 3 N–H and O–H groups in total. The van der Waals surface area contributed by atoms with Crippen molar-refractivity contribution in [2.24, 2.45) is 0 Å². The molecule has 1 aromatic heterocycles. The number of alkyl halides is 3. The molecule has 2 aromatic carbocycles. The smallest absolute Gasteiger partial charge is 0.336 e. The van der Waals surface area contributed by atoms with Gasteiger partial charge in [0.15, 0.2) is 5.82 Å². The summed E-state index contributed by atoms with van der Waals surface area (Å²) in [6, 6.07) is 9.23. The summed E-state index contributed by atoms with van der Waals surface area (Å²) in [4.78, 5) is 12.4. The highest BCUT2D eigenvalue weighted by Gasteiger charge is 2.33. The van der Waals surface area contributed by atoms with Crippen LogP contribution in [-0.4, -0.2) is 26.0 Å². The van der Waals surface area contributed by atoms with Crippen molar-refractivity contribution in [3.05, 3.63) is 70.3 Å². The maximum atomic E-state index is 13.8. The molecule has 1 unspecified atom stereocenters. The van der Waals surface area contributed by atoms with E-state index in [9.17, 15) is 22.4 Å². The number of nitrogen functional groups attached to an aromatic ring is 1. The molecule has 0 aliphatic rings. The number of rotatable bonds is 6. The van der Waals surface area contributed by atoms with Gasteiger partial charge in [0.05, 0.1) is 15.8 Å². The molecule has 0 bridgehead atoms. The van der Waals surface area contributed by atoms with Gasteiger partial charge in [-0.2, -0.15) is 13.2 Å². The zero-order valence-electron chi connectivity index (χ0n) is 16.0. The number of hydrogen-bond donors (Lipinski definition) is 2. The van der Waals surface area contributed by atoms with Crippen molar-refractivity contribution in [2.45, 2.75) is 29.9 Å². The number of anilines is 1. The van der Waals surface area contributed by atoms with Crippen molar-refractivity contribution < 1.29 is 22.4 Å². The van der Waals surface area contributed by atoms with E-state index >= 15 is 0 Å². The van der Waals surface area contributed by atoms with Gasteiger partial charge in [0.25, 0.3) is 0 Å². The number of thioether (sulfide) groups is 1. The molecule has 0 spiro atoms. The molecule has 12 heteroatoms. The number of nitrogens with zero attached hydrogens (tertiary/aromatic N) is 3. The van der Waals surface area contributed by atoms with Crippen LogP contribution in [0.15, 0.2) is 47.6 Å². The number of nitrogens with two attached hydrogens (primary N) is 1. The van der Waals surface area contributed by atoms with Crippen molar-refractivity contribution in [2.75, 3.05) is 11.2 Å². The Kier molecular flexibility index (Phi) is 6.75. The molecule has 6 nitrogen and oxygen atoms in total. The fourth-order valence-corrected chi connectivity index (χ4v) is 3.61. The quantitative estimate of drug-likeness (QED) is 0.312. The monoisotopic (exact) mass is 473 g/mol. The third-order valence-electron chi connectivity index (χ3n) is 4.23. The first kappa shape index (κ1) is 22.9. The van der Waals surface area contributed by atoms with E-state index in [4.69, 9.17) is 17.4 Å². The first-order chi connectivity index (χ1) is 14.6. The molecule has 1 amide bonds. The normalized spacial score (nSPS) is 12.6. The zero-order chi connectivity index (χ0) is 22.8. The highest BCUT2D eigenvalue weighted by Crippen LogP contribution is 2.36. The van der Waals surface area contributed by atoms with Crippen molar-refractivity contribution in [3.8, 4) is 0 Å². The molecule has 0 aliphatic heterocycles. The number of carbonyl (C=O) groups is 1. The number of nitrogens with one attached hydrogen (secondary N) is 1. The lowest BCUT2D eigenvalue weighted by atomic mass is 10.1. The molecular formula is C19H16ClF4N5OS. The van der Waals surface area contributed by atoms with Crippen molar-refractivity contribution in [1.82, 2.24) is 14.9 Å². The highest BCUT2D eigenvalue weighted by atomic mass is 35.5. The Balaban J connectivity index is 1.68. The van der Waals surface area contributed by atoms with Crippen LogP contribution in [0.25, 0.3) is 0 Å². The summed E-state index contributed by atoms with van der Waals surface area (Å²) in [5.74, 6) is 5.27. The van der Waals surface area contributed by atoms with Gasteiger partial charge in [-0.05, 0) is 36.8 Å². The number of carbonyl (C=O) groups excluding carboxylic acids is 1. The van der Waals surface area contributed by atoms with Crippen LogP contribution in [0.1, 0.15) is 23.9 Å². The summed E-state index contributed by atoms with van der Waals surface area (Å²) in [6.45, 7) is 1.53. The Hall–Kier alpha value is -2.79. The highest BCUT2D eigenvalue weighted by molar-refractivity contribution is 8.00. The minimum absolute atomic E-state index is 0.0522. The largest absolute Gasteiger partial charge is 0.417 e. The molecule has 164 valence electrons. The molecule has 1 atom stereocenters. The maximum absolute atomic E-state index is 13.8. The lowest BCUT2D eigenvalue weighted by molar-refractivity contribution is -0.137. The van der Waals surface area contributed by atoms with E-state index in [0.29, 0.717) is 5.56 Å². The van der Waals surface area contributed by atoms with Crippen LogP contribution >= 0.6 is 23.4 Å². The molecular weight excluding hydrogens is 458 g/mol. The Morgan fingerprint density at radius 3 is 2.65 bits per heavy atom. The minimum Gasteiger partial charge on any atom is -0.336 e. The van der Waals surface area contributed by atoms with Crippen molar-refractivity contribution in [1.29, 1.82) is 0 Å². The van der Waals surface area contributed by atoms with Crippen LogP contribution in [0.5, 0.6) is 0 Å². The van der Waals surface area contributed by atoms with Crippen LogP contribution in [0.2, 0.25) is 5.02 Å². The van der Waals surface area contributed by atoms with Gasteiger partial charge < -0.3 is 11.2 Å². The van der Waals surface area contributed by atoms with Crippen molar-refractivity contribution >= 4 is 35.0 Å². The number of benzene rings is 2. The fourth-order valence-electron chi connectivity index (χ4n) is 2.60. The van der Waals surface area contributed by atoms with Crippen LogP contribution < -0.4 is 11.2 Å². The van der Waals surface area contributed by atoms with E-state index in [2.05, 4.69) is 15.5 Å². The van der Waals surface area contributed by atoms with Gasteiger partial charge in [-0.25, -0.2) is 9.07 Å². The van der Waals surface area contributed by atoms with E-state index in [1.54, 1.807) is 18.2 Å². The topological polar surface area (TPSA) is 85.8 Å². The average Bonchev–Trinajstić information content (AvgIpc) is 3.03. The van der Waals surface area contributed by atoms with Gasteiger partial charge in [0, 0.05) is 12.1 Å². The lowest BCUT2D eigenvalue weighted by Crippen LogP contribution is -2.24. The molecule has 3 rings (SSSR count). The Bertz CT molecular complexity index is 1110. The summed E-state index contributed by atoms with van der Waals surface area (Å²) in [5.41, 5.74) is -0.720. The predicted molar refractivity (Wildman–Crippen MR) is 110 cm³/mol. The molecule has 0 saturated carbocycles. The number of amides is 1. The molecule has 0 radical (unpaired) electrons. The molecule has 1 heterocycles. The molecule has 3 aromatic rings. The molecule has 0 saturated heterocycles. The van der Waals surface area contributed by atoms with Crippen molar-refractivity contribution in [3.63, 3.8) is 0 Å². The zero-order valence-corrected chi connectivity index (χ0v) is 17.5. The number of halogens is 5. The molecule has 0 aliphatic carbocycles. The number of hydrogen-bond acceptors (Lipinski definition) is 5. The van der Waals surface area contributed by atoms with E-state index in [1.165, 1.54) is 19.1 Å². The SMILES string of the molecule is CC(Sc1nnc(Cc2ccccc2F)n1N)C(=O)Nc1ccc(Cl)c(C(F)(F)F)c1. The molecule has 31 heavy (non-hydrogen) atoms. The third-order valence-corrected chi connectivity index (χ3v) is 5.62. The van der Waals surface area contributed by atoms with Crippen LogP contribution in [0.3, 0.4) is 0 Å². The van der Waals surface area contributed by atoms with Gasteiger partial charge >= 0.3 is 6.18 Å². The lowest BCUT2D eigenvalue weighted by Gasteiger charge is -2.14. The predicted octanol–water partition coefficient (Wildman–Crippen LogP) is 4.51. The second kappa shape index (κ2) is 9.15. The second-order valence-electron chi connectivity index (χ2n) is 6.48. The summed E-state index contributed by atoms with van der Waals surface area (Å²) in [5, 5.41) is 9.21. The summed E-state index contributed by atoms with van der Waals surface area (Å²) >= 11 is 6.54. The average molecular weight is 474 g/mol. The van der Waals surface area contributed by atoms with E-state index < -0.39 is 33.7 Å². The van der Waals surface area contributed by atoms with E-state index in [-0.39, 0.29) is 23.1 Å². The fraction of sp³-hybridized carbons (Fsp3) is 0.211. The van der Waals surface area contributed by atoms with Gasteiger partial charge in [0.2, 0.25) is 11.1 Å². The van der Waals surface area contributed by atoms with Crippen LogP contribution in [-0.2, 0) is 17.4 Å². The summed E-state index contributed by atoms with van der Waals surface area (Å²) < 4.78 is 53.9. The van der Waals surface area contributed by atoms with Gasteiger partial charge in [-0.1, -0.05) is 41.6 Å². The minimum atomic E-state index is -4.65. The third kappa shape index (κ3) is 5.47. The van der Waals surface area contributed by atoms with Gasteiger partial charge in [0.1, 0.15) is 5.82 Å². The Labute approximate surface area is 183 Å². The number of aromatic nitrogens is 3.